The predicted octanol–water partition coefficient (Wildman–Crippen LogP) is 2.35. The molecular formula is C19H22N5OP. The minimum atomic E-state index is -2.30. The summed E-state index contributed by atoms with van der Waals surface area (Å²) in [6, 6.07) is 9.78. The Bertz CT molecular complexity index is 994. The van der Waals surface area contributed by atoms with Gasteiger partial charge in [0.1, 0.15) is 7.14 Å². The molecule has 0 amide bonds. The third-order valence-corrected chi connectivity index (χ3v) is 6.15. The van der Waals surface area contributed by atoms with Gasteiger partial charge in [-0.15, -0.1) is 0 Å². The summed E-state index contributed by atoms with van der Waals surface area (Å²) in [7, 11) is -2.30. The molecule has 1 N–H and O–H groups in total. The summed E-state index contributed by atoms with van der Waals surface area (Å²) >= 11 is 0. The van der Waals surface area contributed by atoms with Gasteiger partial charge in [0.05, 0.1) is 11.2 Å². The first-order valence-corrected chi connectivity index (χ1v) is 11.4. The molecule has 0 radical (unpaired) electrons. The monoisotopic (exact) mass is 367 g/mol. The van der Waals surface area contributed by atoms with Crippen LogP contribution in [0.15, 0.2) is 42.7 Å². The van der Waals surface area contributed by atoms with Crippen LogP contribution in [0.4, 0.5) is 5.95 Å². The van der Waals surface area contributed by atoms with E-state index >= 15 is 0 Å². The normalized spacial score (nSPS) is 15.4. The molecule has 0 bridgehead atoms. The van der Waals surface area contributed by atoms with E-state index in [1.807, 2.05) is 30.5 Å². The fourth-order valence-electron chi connectivity index (χ4n) is 3.12. The van der Waals surface area contributed by atoms with Crippen LogP contribution in [0.1, 0.15) is 0 Å². The molecule has 4 rings (SSSR count). The standard InChI is InChI=1S/C19H22N5OP/c1-26(2,25)16-3-4-17-14(12-16)11-15(13-22-17)18-5-6-21-19(23-18)24-9-7-20-8-10-24/h3-6,11-13,20H,7-10H2,1-2H3. The molecule has 134 valence electrons. The maximum Gasteiger partial charge on any atom is 0.225 e. The second-order valence-corrected chi connectivity index (χ2v) is 10.1. The van der Waals surface area contributed by atoms with E-state index in [4.69, 9.17) is 4.98 Å². The minimum absolute atomic E-state index is 0.754. The number of anilines is 1. The number of fused-ring (bicyclic) bond motifs is 1. The number of pyridine rings is 1. The van der Waals surface area contributed by atoms with Gasteiger partial charge in [-0.2, -0.15) is 0 Å². The van der Waals surface area contributed by atoms with E-state index < -0.39 is 7.14 Å². The molecule has 0 aliphatic carbocycles. The van der Waals surface area contributed by atoms with Crippen molar-refractivity contribution < 1.29 is 4.57 Å². The van der Waals surface area contributed by atoms with Crippen LogP contribution < -0.4 is 15.5 Å². The van der Waals surface area contributed by atoms with Crippen molar-refractivity contribution in [3.8, 4) is 11.3 Å². The van der Waals surface area contributed by atoms with Crippen molar-refractivity contribution >= 4 is 29.3 Å². The largest absolute Gasteiger partial charge is 0.338 e. The van der Waals surface area contributed by atoms with Crippen LogP contribution >= 0.6 is 7.14 Å². The van der Waals surface area contributed by atoms with Gasteiger partial charge in [0.25, 0.3) is 0 Å². The van der Waals surface area contributed by atoms with Gasteiger partial charge in [0, 0.05) is 54.8 Å². The van der Waals surface area contributed by atoms with Crippen molar-refractivity contribution in [1.29, 1.82) is 0 Å². The smallest absolute Gasteiger partial charge is 0.225 e. The quantitative estimate of drug-likeness (QED) is 0.717. The van der Waals surface area contributed by atoms with Gasteiger partial charge in [0.2, 0.25) is 5.95 Å². The zero-order valence-electron chi connectivity index (χ0n) is 15.0. The molecule has 3 aromatic rings. The van der Waals surface area contributed by atoms with E-state index in [2.05, 4.69) is 26.3 Å². The molecule has 7 heteroatoms. The van der Waals surface area contributed by atoms with Crippen molar-refractivity contribution in [3.05, 3.63) is 42.7 Å². The molecule has 1 saturated heterocycles. The second kappa shape index (κ2) is 6.78. The average Bonchev–Trinajstić information content (AvgIpc) is 2.67. The van der Waals surface area contributed by atoms with Crippen molar-refractivity contribution in [2.45, 2.75) is 0 Å². The highest BCUT2D eigenvalue weighted by Crippen LogP contribution is 2.35. The van der Waals surface area contributed by atoms with Gasteiger partial charge in [-0.3, -0.25) is 4.98 Å². The molecule has 0 unspecified atom stereocenters. The van der Waals surface area contributed by atoms with Gasteiger partial charge in [-0.1, -0.05) is 0 Å². The lowest BCUT2D eigenvalue weighted by molar-refractivity contribution is 0.580. The molecule has 3 heterocycles. The molecule has 26 heavy (non-hydrogen) atoms. The molecule has 1 aromatic carbocycles. The van der Waals surface area contributed by atoms with Gasteiger partial charge in [-0.25, -0.2) is 9.97 Å². The van der Waals surface area contributed by atoms with Crippen molar-refractivity contribution in [2.75, 3.05) is 44.4 Å². The van der Waals surface area contributed by atoms with Crippen LogP contribution in [-0.2, 0) is 4.57 Å². The fourth-order valence-corrected chi connectivity index (χ4v) is 4.00. The van der Waals surface area contributed by atoms with Crippen LogP contribution in [0.2, 0.25) is 0 Å². The van der Waals surface area contributed by atoms with Crippen LogP contribution in [-0.4, -0.2) is 54.5 Å². The highest BCUT2D eigenvalue weighted by atomic mass is 31.2. The van der Waals surface area contributed by atoms with Gasteiger partial charge >= 0.3 is 0 Å². The zero-order chi connectivity index (χ0) is 18.1. The van der Waals surface area contributed by atoms with Gasteiger partial charge < -0.3 is 14.8 Å². The Balaban J connectivity index is 1.73. The maximum absolute atomic E-state index is 12.4. The van der Waals surface area contributed by atoms with Crippen molar-refractivity contribution in [2.24, 2.45) is 0 Å². The Morgan fingerprint density at radius 1 is 1.08 bits per heavy atom. The van der Waals surface area contributed by atoms with E-state index in [-0.39, 0.29) is 0 Å². The van der Waals surface area contributed by atoms with Crippen LogP contribution in [0.5, 0.6) is 0 Å². The van der Waals surface area contributed by atoms with E-state index in [9.17, 15) is 4.57 Å². The summed E-state index contributed by atoms with van der Waals surface area (Å²) in [5.41, 5.74) is 2.68. The van der Waals surface area contributed by atoms with Crippen LogP contribution in [0.25, 0.3) is 22.2 Å². The lowest BCUT2D eigenvalue weighted by atomic mass is 10.1. The topological polar surface area (TPSA) is 71.0 Å². The number of rotatable bonds is 3. The summed E-state index contributed by atoms with van der Waals surface area (Å²) in [5, 5.41) is 5.18. The van der Waals surface area contributed by atoms with Crippen LogP contribution in [0.3, 0.4) is 0 Å². The van der Waals surface area contributed by atoms with E-state index in [1.165, 1.54) is 0 Å². The Labute approximate surface area is 153 Å². The number of aromatic nitrogens is 3. The summed E-state index contributed by atoms with van der Waals surface area (Å²) in [5.74, 6) is 0.754. The number of benzene rings is 1. The second-order valence-electron chi connectivity index (χ2n) is 6.93. The number of nitrogens with one attached hydrogen (secondary N) is 1. The third-order valence-electron chi connectivity index (χ3n) is 4.63. The highest BCUT2D eigenvalue weighted by molar-refractivity contribution is 7.70. The highest BCUT2D eigenvalue weighted by Gasteiger charge is 2.15. The zero-order valence-corrected chi connectivity index (χ0v) is 15.9. The lowest BCUT2D eigenvalue weighted by Gasteiger charge is -2.27. The minimum Gasteiger partial charge on any atom is -0.338 e. The third kappa shape index (κ3) is 3.48. The number of hydrogen-bond donors (Lipinski definition) is 1. The number of hydrogen-bond acceptors (Lipinski definition) is 6. The molecule has 0 atom stereocenters. The lowest BCUT2D eigenvalue weighted by Crippen LogP contribution is -2.44. The summed E-state index contributed by atoms with van der Waals surface area (Å²) in [4.78, 5) is 15.9. The van der Waals surface area contributed by atoms with Crippen LogP contribution in [0, 0.1) is 0 Å². The first-order chi connectivity index (χ1) is 12.5. The Hall–Kier alpha value is -2.30. The summed E-state index contributed by atoms with van der Waals surface area (Å²) in [6.07, 6.45) is 3.63. The maximum atomic E-state index is 12.4. The van der Waals surface area contributed by atoms with Gasteiger partial charge in [0.15, 0.2) is 0 Å². The molecule has 1 fully saturated rings. The predicted molar refractivity (Wildman–Crippen MR) is 107 cm³/mol. The van der Waals surface area contributed by atoms with Gasteiger partial charge in [-0.05, 0) is 43.7 Å². The Morgan fingerprint density at radius 3 is 2.65 bits per heavy atom. The summed E-state index contributed by atoms with van der Waals surface area (Å²) in [6.45, 7) is 7.28. The van der Waals surface area contributed by atoms with E-state index in [0.717, 1.165) is 59.6 Å². The fraction of sp³-hybridized carbons (Fsp3) is 0.316. The van der Waals surface area contributed by atoms with E-state index in [1.54, 1.807) is 19.5 Å². The van der Waals surface area contributed by atoms with Crippen molar-refractivity contribution in [3.63, 3.8) is 0 Å². The number of piperazine rings is 1. The molecule has 1 aliphatic heterocycles. The molecular weight excluding hydrogens is 345 g/mol. The molecule has 0 spiro atoms. The Kier molecular flexibility index (Phi) is 4.47. The van der Waals surface area contributed by atoms with E-state index in [0.29, 0.717) is 0 Å². The molecule has 2 aromatic heterocycles. The first-order valence-electron chi connectivity index (χ1n) is 8.75. The Morgan fingerprint density at radius 2 is 1.88 bits per heavy atom. The first kappa shape index (κ1) is 17.1. The number of nitrogens with zero attached hydrogens (tertiary/aromatic N) is 4. The van der Waals surface area contributed by atoms with Crippen molar-refractivity contribution in [1.82, 2.24) is 20.3 Å². The SMILES string of the molecule is CP(C)(=O)c1ccc2ncc(-c3ccnc(N4CCNCC4)n3)cc2c1. The molecule has 6 nitrogen and oxygen atoms in total. The average molecular weight is 367 g/mol. The summed E-state index contributed by atoms with van der Waals surface area (Å²) < 4.78 is 12.4. The molecule has 0 saturated carbocycles. The molecule has 1 aliphatic rings.